The Morgan fingerprint density at radius 1 is 1.44 bits per heavy atom. The van der Waals surface area contributed by atoms with Gasteiger partial charge in [-0.25, -0.2) is 4.39 Å². The van der Waals surface area contributed by atoms with Crippen LogP contribution in [0.25, 0.3) is 10.9 Å². The summed E-state index contributed by atoms with van der Waals surface area (Å²) in [5.41, 5.74) is 7.47. The zero-order valence-electron chi connectivity index (χ0n) is 9.13. The molecule has 1 heterocycles. The van der Waals surface area contributed by atoms with Crippen LogP contribution in [0.15, 0.2) is 22.8 Å². The fraction of sp³-hybridized carbons (Fsp3) is 0.333. The lowest BCUT2D eigenvalue weighted by Gasteiger charge is -2.02. The van der Waals surface area contributed by atoms with Gasteiger partial charge in [-0.15, -0.1) is 0 Å². The molecule has 0 atom stereocenters. The average molecular weight is 285 g/mol. The Morgan fingerprint density at radius 3 is 2.81 bits per heavy atom. The Balaban J connectivity index is 2.75. The van der Waals surface area contributed by atoms with Crippen molar-refractivity contribution in [1.29, 1.82) is 0 Å². The molecule has 1 aromatic carbocycles. The third kappa shape index (κ3) is 1.76. The van der Waals surface area contributed by atoms with Gasteiger partial charge < -0.3 is 10.3 Å². The summed E-state index contributed by atoms with van der Waals surface area (Å²) < 4.78 is 16.6. The van der Waals surface area contributed by atoms with Crippen molar-refractivity contribution in [2.75, 3.05) is 6.54 Å². The molecule has 86 valence electrons. The van der Waals surface area contributed by atoms with Crippen molar-refractivity contribution >= 4 is 26.8 Å². The SMILES string of the molecule is CCn1cc(CCN)c2c(F)c(Br)ccc21. The van der Waals surface area contributed by atoms with Gasteiger partial charge in [0, 0.05) is 18.1 Å². The normalized spacial score (nSPS) is 11.2. The van der Waals surface area contributed by atoms with Crippen molar-refractivity contribution in [3.8, 4) is 0 Å². The maximum Gasteiger partial charge on any atom is 0.147 e. The van der Waals surface area contributed by atoms with E-state index in [1.54, 1.807) is 6.07 Å². The monoisotopic (exact) mass is 284 g/mol. The maximum absolute atomic E-state index is 14.0. The topological polar surface area (TPSA) is 30.9 Å². The second kappa shape index (κ2) is 4.55. The largest absolute Gasteiger partial charge is 0.347 e. The van der Waals surface area contributed by atoms with Crippen LogP contribution in [0.2, 0.25) is 0 Å². The predicted molar refractivity (Wildman–Crippen MR) is 68.0 cm³/mol. The molecule has 0 aliphatic heterocycles. The van der Waals surface area contributed by atoms with Gasteiger partial charge in [-0.1, -0.05) is 0 Å². The molecular formula is C12H14BrFN2. The van der Waals surface area contributed by atoms with Crippen LogP contribution in [0.3, 0.4) is 0 Å². The van der Waals surface area contributed by atoms with E-state index in [2.05, 4.69) is 20.5 Å². The van der Waals surface area contributed by atoms with E-state index in [-0.39, 0.29) is 5.82 Å². The summed E-state index contributed by atoms with van der Waals surface area (Å²) in [6.45, 7) is 3.42. The van der Waals surface area contributed by atoms with E-state index in [0.717, 1.165) is 17.6 Å². The molecule has 1 aromatic heterocycles. The highest BCUT2D eigenvalue weighted by Crippen LogP contribution is 2.29. The van der Waals surface area contributed by atoms with Crippen LogP contribution in [0, 0.1) is 5.82 Å². The smallest absolute Gasteiger partial charge is 0.147 e. The molecule has 2 nitrogen and oxygen atoms in total. The highest BCUT2D eigenvalue weighted by Gasteiger charge is 2.13. The van der Waals surface area contributed by atoms with E-state index in [9.17, 15) is 4.39 Å². The molecule has 0 fully saturated rings. The van der Waals surface area contributed by atoms with Gasteiger partial charge in [0.15, 0.2) is 0 Å². The molecule has 2 aromatic rings. The van der Waals surface area contributed by atoms with Crippen molar-refractivity contribution < 1.29 is 4.39 Å². The number of fused-ring (bicyclic) bond motifs is 1. The average Bonchev–Trinajstić information content (AvgIpc) is 2.63. The molecule has 0 amide bonds. The second-order valence-corrected chi connectivity index (χ2v) is 4.59. The second-order valence-electron chi connectivity index (χ2n) is 3.73. The van der Waals surface area contributed by atoms with Crippen LogP contribution in [-0.2, 0) is 13.0 Å². The van der Waals surface area contributed by atoms with Crippen molar-refractivity contribution in [2.24, 2.45) is 5.73 Å². The zero-order valence-corrected chi connectivity index (χ0v) is 10.7. The minimum atomic E-state index is -0.187. The molecule has 2 N–H and O–H groups in total. The molecule has 0 aliphatic rings. The Morgan fingerprint density at radius 2 is 2.19 bits per heavy atom. The molecule has 0 bridgehead atoms. The standard InChI is InChI=1S/C12H14BrFN2/c1-2-16-7-8(5-6-15)11-10(16)4-3-9(13)12(11)14/h3-4,7H,2,5-6,15H2,1H3. The third-order valence-electron chi connectivity index (χ3n) is 2.77. The number of hydrogen-bond donors (Lipinski definition) is 1. The first-order valence-electron chi connectivity index (χ1n) is 5.34. The summed E-state index contributed by atoms with van der Waals surface area (Å²) in [4.78, 5) is 0. The van der Waals surface area contributed by atoms with Crippen LogP contribution < -0.4 is 5.73 Å². The van der Waals surface area contributed by atoms with Gasteiger partial charge in [0.25, 0.3) is 0 Å². The zero-order chi connectivity index (χ0) is 11.7. The molecule has 4 heteroatoms. The van der Waals surface area contributed by atoms with E-state index in [0.29, 0.717) is 22.8 Å². The van der Waals surface area contributed by atoms with Crippen LogP contribution in [0.1, 0.15) is 12.5 Å². The third-order valence-corrected chi connectivity index (χ3v) is 3.38. The van der Waals surface area contributed by atoms with Gasteiger partial charge in [-0.2, -0.15) is 0 Å². The van der Waals surface area contributed by atoms with Crippen molar-refractivity contribution in [1.82, 2.24) is 4.57 Å². The lowest BCUT2D eigenvalue weighted by molar-refractivity contribution is 0.632. The Bertz CT molecular complexity index is 519. The van der Waals surface area contributed by atoms with Gasteiger partial charge in [-0.05, 0) is 53.5 Å². The Kier molecular flexibility index (Phi) is 3.30. The fourth-order valence-corrected chi connectivity index (χ4v) is 2.34. The van der Waals surface area contributed by atoms with Gasteiger partial charge >= 0.3 is 0 Å². The summed E-state index contributed by atoms with van der Waals surface area (Å²) >= 11 is 3.22. The Labute approximate surface area is 102 Å². The highest BCUT2D eigenvalue weighted by molar-refractivity contribution is 9.10. The van der Waals surface area contributed by atoms with Gasteiger partial charge in [-0.3, -0.25) is 0 Å². The lowest BCUT2D eigenvalue weighted by atomic mass is 10.1. The van der Waals surface area contributed by atoms with Gasteiger partial charge in [0.1, 0.15) is 5.82 Å². The summed E-state index contributed by atoms with van der Waals surface area (Å²) in [5, 5.41) is 0.696. The van der Waals surface area contributed by atoms with Crippen LogP contribution in [0.5, 0.6) is 0 Å². The van der Waals surface area contributed by atoms with E-state index < -0.39 is 0 Å². The number of aryl methyl sites for hydroxylation is 1. The molecule has 0 saturated heterocycles. The van der Waals surface area contributed by atoms with E-state index in [1.165, 1.54) is 0 Å². The van der Waals surface area contributed by atoms with Crippen LogP contribution in [0.4, 0.5) is 4.39 Å². The summed E-state index contributed by atoms with van der Waals surface area (Å²) in [6.07, 6.45) is 2.70. The molecule has 0 aliphatic carbocycles. The minimum absolute atomic E-state index is 0.187. The molecule has 0 radical (unpaired) electrons. The van der Waals surface area contributed by atoms with Crippen molar-refractivity contribution in [3.05, 3.63) is 34.2 Å². The lowest BCUT2D eigenvalue weighted by Crippen LogP contribution is -2.02. The highest BCUT2D eigenvalue weighted by atomic mass is 79.9. The number of rotatable bonds is 3. The summed E-state index contributed by atoms with van der Waals surface area (Å²) in [6, 6.07) is 3.68. The number of nitrogens with two attached hydrogens (primary N) is 1. The summed E-state index contributed by atoms with van der Waals surface area (Å²) in [5.74, 6) is -0.187. The number of hydrogen-bond acceptors (Lipinski definition) is 1. The first-order chi connectivity index (χ1) is 7.69. The van der Waals surface area contributed by atoms with E-state index in [4.69, 9.17) is 5.73 Å². The van der Waals surface area contributed by atoms with Crippen LogP contribution in [-0.4, -0.2) is 11.1 Å². The van der Waals surface area contributed by atoms with E-state index in [1.807, 2.05) is 19.2 Å². The number of aromatic nitrogens is 1. The first-order valence-corrected chi connectivity index (χ1v) is 6.14. The summed E-state index contributed by atoms with van der Waals surface area (Å²) in [7, 11) is 0. The maximum atomic E-state index is 14.0. The Hall–Kier alpha value is -0.870. The molecule has 0 spiro atoms. The molecule has 16 heavy (non-hydrogen) atoms. The number of benzene rings is 1. The molecule has 2 rings (SSSR count). The number of halogens is 2. The molecule has 0 unspecified atom stereocenters. The molecular weight excluding hydrogens is 271 g/mol. The molecule has 0 saturated carbocycles. The number of nitrogens with zero attached hydrogens (tertiary/aromatic N) is 1. The first kappa shape index (κ1) is 11.6. The van der Waals surface area contributed by atoms with Crippen molar-refractivity contribution in [3.63, 3.8) is 0 Å². The fourth-order valence-electron chi connectivity index (χ4n) is 2.01. The van der Waals surface area contributed by atoms with Gasteiger partial charge in [0.2, 0.25) is 0 Å². The predicted octanol–water partition coefficient (Wildman–Crippen LogP) is 3.06. The quantitative estimate of drug-likeness (QED) is 0.923. The van der Waals surface area contributed by atoms with Gasteiger partial charge in [0.05, 0.1) is 9.99 Å². The van der Waals surface area contributed by atoms with E-state index >= 15 is 0 Å². The van der Waals surface area contributed by atoms with Crippen LogP contribution >= 0.6 is 15.9 Å². The minimum Gasteiger partial charge on any atom is -0.347 e. The van der Waals surface area contributed by atoms with Crippen molar-refractivity contribution in [2.45, 2.75) is 19.9 Å².